The van der Waals surface area contributed by atoms with Crippen LogP contribution in [-0.4, -0.2) is 40.6 Å². The number of rotatable bonds is 7. The summed E-state index contributed by atoms with van der Waals surface area (Å²) in [5.74, 6) is 2.49. The summed E-state index contributed by atoms with van der Waals surface area (Å²) in [5.41, 5.74) is 0.602. The van der Waals surface area contributed by atoms with E-state index in [-0.39, 0.29) is 17.6 Å². The van der Waals surface area contributed by atoms with Gasteiger partial charge < -0.3 is 19.4 Å². The Labute approximate surface area is 145 Å². The first-order chi connectivity index (χ1) is 11.5. The number of methoxy groups -OCH3 is 2. The molecule has 0 aliphatic carbocycles. The summed E-state index contributed by atoms with van der Waals surface area (Å²) >= 11 is 1.35. The van der Waals surface area contributed by atoms with Gasteiger partial charge in [0, 0.05) is 19.0 Å². The second-order valence-electron chi connectivity index (χ2n) is 5.46. The number of aromatic nitrogens is 3. The fraction of sp³-hybridized carbons (Fsp3) is 0.438. The maximum atomic E-state index is 12.2. The van der Waals surface area contributed by atoms with E-state index in [1.54, 1.807) is 32.4 Å². The van der Waals surface area contributed by atoms with Gasteiger partial charge in [0.25, 0.3) is 0 Å². The lowest BCUT2D eigenvalue weighted by molar-refractivity contribution is -0.113. The number of benzene rings is 1. The summed E-state index contributed by atoms with van der Waals surface area (Å²) in [5, 5.41) is 11.8. The predicted molar refractivity (Wildman–Crippen MR) is 94.0 cm³/mol. The number of carbonyl (C=O) groups excluding carboxylic acids is 1. The SMILES string of the molecule is COc1ccc(NC(=O)CSc2nnc(C(C)C)n2C)c(OC)c1. The third-order valence-electron chi connectivity index (χ3n) is 3.40. The summed E-state index contributed by atoms with van der Waals surface area (Å²) < 4.78 is 12.3. The van der Waals surface area contributed by atoms with Crippen molar-refractivity contribution in [2.45, 2.75) is 24.9 Å². The van der Waals surface area contributed by atoms with Crippen LogP contribution >= 0.6 is 11.8 Å². The molecule has 130 valence electrons. The second-order valence-corrected chi connectivity index (χ2v) is 6.40. The summed E-state index contributed by atoms with van der Waals surface area (Å²) in [4.78, 5) is 12.2. The lowest BCUT2D eigenvalue weighted by Crippen LogP contribution is -2.15. The molecule has 1 aromatic heterocycles. The van der Waals surface area contributed by atoms with Crippen molar-refractivity contribution in [3.05, 3.63) is 24.0 Å². The number of amides is 1. The molecule has 2 aromatic rings. The van der Waals surface area contributed by atoms with Crippen LogP contribution in [0.5, 0.6) is 11.5 Å². The zero-order valence-corrected chi connectivity index (χ0v) is 15.3. The van der Waals surface area contributed by atoms with Gasteiger partial charge in [-0.05, 0) is 12.1 Å². The Balaban J connectivity index is 1.99. The van der Waals surface area contributed by atoms with Crippen molar-refractivity contribution in [3.8, 4) is 11.5 Å². The average Bonchev–Trinajstić information content (AvgIpc) is 2.94. The lowest BCUT2D eigenvalue weighted by atomic mass is 10.2. The molecule has 1 heterocycles. The number of nitrogens with zero attached hydrogens (tertiary/aromatic N) is 3. The van der Waals surface area contributed by atoms with Crippen LogP contribution in [0.25, 0.3) is 0 Å². The third-order valence-corrected chi connectivity index (χ3v) is 4.42. The molecule has 1 aromatic carbocycles. The molecule has 0 atom stereocenters. The standard InChI is InChI=1S/C16H22N4O3S/c1-10(2)15-18-19-16(20(15)3)24-9-14(21)17-12-7-6-11(22-4)8-13(12)23-5/h6-8,10H,9H2,1-5H3,(H,17,21). The summed E-state index contributed by atoms with van der Waals surface area (Å²) in [6.45, 7) is 4.11. The van der Waals surface area contributed by atoms with Crippen LogP contribution in [-0.2, 0) is 11.8 Å². The minimum Gasteiger partial charge on any atom is -0.497 e. The van der Waals surface area contributed by atoms with Crippen LogP contribution in [0.15, 0.2) is 23.4 Å². The molecule has 1 N–H and O–H groups in total. The molecule has 24 heavy (non-hydrogen) atoms. The van der Waals surface area contributed by atoms with Crippen LogP contribution in [0.4, 0.5) is 5.69 Å². The molecular weight excluding hydrogens is 328 g/mol. The van der Waals surface area contributed by atoms with E-state index in [1.807, 2.05) is 11.6 Å². The largest absolute Gasteiger partial charge is 0.497 e. The molecule has 1 amide bonds. The molecule has 0 aliphatic rings. The van der Waals surface area contributed by atoms with Crippen molar-refractivity contribution in [2.24, 2.45) is 7.05 Å². The zero-order valence-electron chi connectivity index (χ0n) is 14.5. The molecule has 8 heteroatoms. The Kier molecular flexibility index (Phi) is 6.08. The number of hydrogen-bond donors (Lipinski definition) is 1. The number of hydrogen-bond acceptors (Lipinski definition) is 6. The van der Waals surface area contributed by atoms with Crippen molar-refractivity contribution in [1.82, 2.24) is 14.8 Å². The minimum absolute atomic E-state index is 0.141. The van der Waals surface area contributed by atoms with Crippen molar-refractivity contribution in [1.29, 1.82) is 0 Å². The highest BCUT2D eigenvalue weighted by Gasteiger charge is 2.14. The molecule has 0 bridgehead atoms. The Bertz CT molecular complexity index is 715. The minimum atomic E-state index is -0.141. The lowest BCUT2D eigenvalue weighted by Gasteiger charge is -2.11. The van der Waals surface area contributed by atoms with Crippen molar-refractivity contribution in [3.63, 3.8) is 0 Å². The van der Waals surface area contributed by atoms with Gasteiger partial charge in [0.1, 0.15) is 17.3 Å². The summed E-state index contributed by atoms with van der Waals surface area (Å²) in [7, 11) is 5.03. The quantitative estimate of drug-likeness (QED) is 0.774. The maximum absolute atomic E-state index is 12.2. The topological polar surface area (TPSA) is 78.3 Å². The molecule has 0 spiro atoms. The third kappa shape index (κ3) is 4.19. The normalized spacial score (nSPS) is 10.8. The van der Waals surface area contributed by atoms with Crippen molar-refractivity contribution >= 4 is 23.4 Å². The van der Waals surface area contributed by atoms with Crippen LogP contribution in [0.3, 0.4) is 0 Å². The summed E-state index contributed by atoms with van der Waals surface area (Å²) in [6.07, 6.45) is 0. The average molecular weight is 350 g/mol. The molecule has 0 saturated carbocycles. The first-order valence-electron chi connectivity index (χ1n) is 7.50. The van der Waals surface area contributed by atoms with Gasteiger partial charge in [0.15, 0.2) is 5.16 Å². The molecule has 2 rings (SSSR count). The Hall–Kier alpha value is -2.22. The fourth-order valence-corrected chi connectivity index (χ4v) is 2.89. The molecule has 0 fully saturated rings. The van der Waals surface area contributed by atoms with Crippen molar-refractivity contribution in [2.75, 3.05) is 25.3 Å². The van der Waals surface area contributed by atoms with Crippen LogP contribution in [0, 0.1) is 0 Å². The maximum Gasteiger partial charge on any atom is 0.234 e. The molecule has 0 aliphatic heterocycles. The van der Waals surface area contributed by atoms with E-state index in [0.717, 1.165) is 11.0 Å². The molecule has 0 radical (unpaired) electrons. The first-order valence-corrected chi connectivity index (χ1v) is 8.48. The van der Waals surface area contributed by atoms with Gasteiger partial charge in [-0.15, -0.1) is 10.2 Å². The zero-order chi connectivity index (χ0) is 17.7. The summed E-state index contributed by atoms with van der Waals surface area (Å²) in [6, 6.07) is 5.24. The Morgan fingerprint density at radius 1 is 1.29 bits per heavy atom. The van der Waals surface area contributed by atoms with Gasteiger partial charge in [0.05, 0.1) is 25.7 Å². The Morgan fingerprint density at radius 2 is 2.04 bits per heavy atom. The molecule has 0 unspecified atom stereocenters. The first kappa shape index (κ1) is 18.1. The number of anilines is 1. The Morgan fingerprint density at radius 3 is 2.62 bits per heavy atom. The van der Waals surface area contributed by atoms with Crippen LogP contribution < -0.4 is 14.8 Å². The van der Waals surface area contributed by atoms with Crippen LogP contribution in [0.1, 0.15) is 25.6 Å². The number of ether oxygens (including phenoxy) is 2. The van der Waals surface area contributed by atoms with Gasteiger partial charge in [-0.1, -0.05) is 25.6 Å². The molecular formula is C16H22N4O3S. The smallest absolute Gasteiger partial charge is 0.234 e. The number of thioether (sulfide) groups is 1. The van der Waals surface area contributed by atoms with Gasteiger partial charge in [-0.2, -0.15) is 0 Å². The van der Waals surface area contributed by atoms with E-state index < -0.39 is 0 Å². The molecule has 0 saturated heterocycles. The number of nitrogens with one attached hydrogen (secondary N) is 1. The van der Waals surface area contributed by atoms with Gasteiger partial charge >= 0.3 is 0 Å². The van der Waals surface area contributed by atoms with Gasteiger partial charge in [-0.3, -0.25) is 4.79 Å². The highest BCUT2D eigenvalue weighted by molar-refractivity contribution is 7.99. The van der Waals surface area contributed by atoms with E-state index in [2.05, 4.69) is 29.4 Å². The highest BCUT2D eigenvalue weighted by atomic mass is 32.2. The van der Waals surface area contributed by atoms with E-state index in [1.165, 1.54) is 11.8 Å². The highest BCUT2D eigenvalue weighted by Crippen LogP contribution is 2.29. The van der Waals surface area contributed by atoms with E-state index >= 15 is 0 Å². The van der Waals surface area contributed by atoms with Gasteiger partial charge in [-0.25, -0.2) is 0 Å². The van der Waals surface area contributed by atoms with E-state index in [9.17, 15) is 4.79 Å². The van der Waals surface area contributed by atoms with Gasteiger partial charge in [0.2, 0.25) is 5.91 Å². The number of carbonyl (C=O) groups is 1. The van der Waals surface area contributed by atoms with Crippen LogP contribution in [0.2, 0.25) is 0 Å². The molecule has 7 nitrogen and oxygen atoms in total. The monoisotopic (exact) mass is 350 g/mol. The second kappa shape index (κ2) is 8.05. The van der Waals surface area contributed by atoms with E-state index in [0.29, 0.717) is 17.2 Å². The van der Waals surface area contributed by atoms with Crippen molar-refractivity contribution < 1.29 is 14.3 Å². The fourth-order valence-electron chi connectivity index (χ4n) is 2.17. The predicted octanol–water partition coefficient (Wildman–Crippen LogP) is 2.69. The van der Waals surface area contributed by atoms with E-state index in [4.69, 9.17) is 9.47 Å².